The highest BCUT2D eigenvalue weighted by molar-refractivity contribution is 8.00. The molecule has 49 heavy (non-hydrogen) atoms. The third-order valence-corrected chi connectivity index (χ3v) is 8.55. The van der Waals surface area contributed by atoms with Gasteiger partial charge in [-0.1, -0.05) is 48.5 Å². The van der Waals surface area contributed by atoms with E-state index in [1.54, 1.807) is 78.9 Å². The third-order valence-electron chi connectivity index (χ3n) is 7.35. The molecule has 0 aromatic heterocycles. The van der Waals surface area contributed by atoms with E-state index in [9.17, 15) is 23.6 Å². The monoisotopic (exact) mass is 669 g/mol. The smallest absolute Gasteiger partial charge is 0.272 e. The van der Waals surface area contributed by atoms with Gasteiger partial charge in [0.15, 0.2) is 0 Å². The minimum Gasteiger partial charge on any atom is -0.321 e. The standard InChI is InChI=1S/C38H28FN5O4S/c39-27-13-11-25(12-14-27)23-33(41-36(46)26-7-3-1-4-8-26)37(47)40-28-17-21-32(22-18-28)49-34-24-35(45)44(38(34)48)31-19-15-30(16-20-31)43-42-29-9-5-2-6-10-29/h1-23,34H,24H2,(H,40,47)(H,41,46). The van der Waals surface area contributed by atoms with Crippen LogP contribution in [0.5, 0.6) is 0 Å². The molecular weight excluding hydrogens is 642 g/mol. The second-order valence-electron chi connectivity index (χ2n) is 10.8. The van der Waals surface area contributed by atoms with Gasteiger partial charge in [-0.3, -0.25) is 19.2 Å². The first kappa shape index (κ1) is 32.7. The lowest BCUT2D eigenvalue weighted by atomic mass is 10.1. The molecule has 1 heterocycles. The minimum atomic E-state index is -0.621. The summed E-state index contributed by atoms with van der Waals surface area (Å²) in [6, 6.07) is 36.8. The number of rotatable bonds is 10. The van der Waals surface area contributed by atoms with Crippen LogP contribution in [0.15, 0.2) is 154 Å². The minimum absolute atomic E-state index is 0.0378. The maximum atomic E-state index is 13.5. The number of imide groups is 1. The van der Waals surface area contributed by atoms with Gasteiger partial charge in [0, 0.05) is 22.6 Å². The lowest BCUT2D eigenvalue weighted by Crippen LogP contribution is -2.31. The summed E-state index contributed by atoms with van der Waals surface area (Å²) in [6.07, 6.45) is 1.49. The van der Waals surface area contributed by atoms with E-state index in [1.807, 2.05) is 30.3 Å². The Morgan fingerprint density at radius 2 is 1.37 bits per heavy atom. The Morgan fingerprint density at radius 3 is 2.02 bits per heavy atom. The fourth-order valence-corrected chi connectivity index (χ4v) is 5.95. The largest absolute Gasteiger partial charge is 0.321 e. The predicted octanol–water partition coefficient (Wildman–Crippen LogP) is 8.07. The number of hydrogen-bond donors (Lipinski definition) is 2. The number of carbonyl (C=O) groups is 4. The first-order valence-electron chi connectivity index (χ1n) is 15.2. The average molecular weight is 670 g/mol. The van der Waals surface area contributed by atoms with Gasteiger partial charge < -0.3 is 10.6 Å². The Morgan fingerprint density at radius 1 is 0.755 bits per heavy atom. The molecule has 1 aliphatic rings. The molecule has 9 nitrogen and oxygen atoms in total. The van der Waals surface area contributed by atoms with Gasteiger partial charge in [-0.05, 0) is 96.6 Å². The summed E-state index contributed by atoms with van der Waals surface area (Å²) in [7, 11) is 0. The maximum Gasteiger partial charge on any atom is 0.272 e. The molecule has 5 aromatic rings. The number of hydrogen-bond acceptors (Lipinski definition) is 7. The van der Waals surface area contributed by atoms with Gasteiger partial charge in [0.1, 0.15) is 11.5 Å². The van der Waals surface area contributed by atoms with Crippen LogP contribution >= 0.6 is 11.8 Å². The quantitative estimate of drug-likeness (QED) is 0.0885. The van der Waals surface area contributed by atoms with Gasteiger partial charge in [-0.15, -0.1) is 11.8 Å². The zero-order chi connectivity index (χ0) is 34.2. The van der Waals surface area contributed by atoms with E-state index in [4.69, 9.17) is 0 Å². The molecule has 5 aromatic carbocycles. The Kier molecular flexibility index (Phi) is 10.1. The van der Waals surface area contributed by atoms with Crippen LogP contribution in [0, 0.1) is 5.82 Å². The molecule has 0 radical (unpaired) electrons. The van der Waals surface area contributed by atoms with E-state index in [0.29, 0.717) is 33.9 Å². The molecular formula is C38H28FN5O4S. The van der Waals surface area contributed by atoms with Crippen LogP contribution in [0.4, 0.5) is 27.1 Å². The molecule has 4 amide bonds. The molecule has 0 bridgehead atoms. The second-order valence-corrected chi connectivity index (χ2v) is 12.1. The highest BCUT2D eigenvalue weighted by Gasteiger charge is 2.40. The van der Waals surface area contributed by atoms with E-state index >= 15 is 0 Å². The van der Waals surface area contributed by atoms with Gasteiger partial charge in [-0.2, -0.15) is 10.2 Å². The SMILES string of the molecule is O=C(Nc1ccc(SC2CC(=O)N(c3ccc(N=Nc4ccccc4)cc3)C2=O)cc1)C(=Cc1ccc(F)cc1)NC(=O)c1ccccc1. The van der Waals surface area contributed by atoms with E-state index in [0.717, 1.165) is 4.90 Å². The fourth-order valence-electron chi connectivity index (χ4n) is 4.89. The van der Waals surface area contributed by atoms with Crippen molar-refractivity contribution in [1.82, 2.24) is 5.32 Å². The van der Waals surface area contributed by atoms with Crippen molar-refractivity contribution in [3.8, 4) is 0 Å². The zero-order valence-electron chi connectivity index (χ0n) is 25.8. The van der Waals surface area contributed by atoms with Crippen LogP contribution in [-0.2, 0) is 14.4 Å². The van der Waals surface area contributed by atoms with Gasteiger partial charge in [0.25, 0.3) is 11.8 Å². The summed E-state index contributed by atoms with van der Waals surface area (Å²) in [4.78, 5) is 54.3. The van der Waals surface area contributed by atoms with Crippen molar-refractivity contribution in [2.45, 2.75) is 16.6 Å². The Hall–Kier alpha value is -6.20. The molecule has 1 unspecified atom stereocenters. The lowest BCUT2D eigenvalue weighted by molar-refractivity contribution is -0.121. The van der Waals surface area contributed by atoms with Crippen LogP contribution in [0.2, 0.25) is 0 Å². The number of anilines is 2. The van der Waals surface area contributed by atoms with Crippen molar-refractivity contribution in [1.29, 1.82) is 0 Å². The van der Waals surface area contributed by atoms with Crippen molar-refractivity contribution >= 4 is 64.2 Å². The van der Waals surface area contributed by atoms with Crippen molar-refractivity contribution in [2.24, 2.45) is 10.2 Å². The first-order valence-corrected chi connectivity index (χ1v) is 16.1. The summed E-state index contributed by atoms with van der Waals surface area (Å²) >= 11 is 1.26. The molecule has 1 aliphatic heterocycles. The molecule has 0 spiro atoms. The molecule has 0 saturated carbocycles. The molecule has 1 atom stereocenters. The Labute approximate surface area is 285 Å². The van der Waals surface area contributed by atoms with Crippen molar-refractivity contribution in [3.63, 3.8) is 0 Å². The van der Waals surface area contributed by atoms with Gasteiger partial charge >= 0.3 is 0 Å². The Balaban J connectivity index is 1.09. The number of carbonyl (C=O) groups excluding carboxylic acids is 4. The maximum absolute atomic E-state index is 13.5. The molecule has 1 fully saturated rings. The van der Waals surface area contributed by atoms with Gasteiger partial charge in [0.2, 0.25) is 11.8 Å². The number of azo groups is 1. The van der Waals surface area contributed by atoms with E-state index in [2.05, 4.69) is 20.9 Å². The van der Waals surface area contributed by atoms with Crippen LogP contribution < -0.4 is 15.5 Å². The summed E-state index contributed by atoms with van der Waals surface area (Å²) < 4.78 is 13.5. The summed E-state index contributed by atoms with van der Waals surface area (Å²) in [5.41, 5.74) is 3.03. The zero-order valence-corrected chi connectivity index (χ0v) is 26.6. The summed E-state index contributed by atoms with van der Waals surface area (Å²) in [6.45, 7) is 0. The molecule has 242 valence electrons. The normalized spacial score (nSPS) is 14.7. The molecule has 6 rings (SSSR count). The number of amides is 4. The lowest BCUT2D eigenvalue weighted by Gasteiger charge is -2.15. The van der Waals surface area contributed by atoms with E-state index in [-0.39, 0.29) is 23.9 Å². The molecule has 2 N–H and O–H groups in total. The van der Waals surface area contributed by atoms with Crippen LogP contribution in [-0.4, -0.2) is 28.9 Å². The summed E-state index contributed by atoms with van der Waals surface area (Å²) in [5.74, 6) is -2.12. The summed E-state index contributed by atoms with van der Waals surface area (Å²) in [5, 5.41) is 13.2. The molecule has 1 saturated heterocycles. The third kappa shape index (κ3) is 8.40. The molecule has 11 heteroatoms. The van der Waals surface area contributed by atoms with Crippen molar-refractivity contribution in [3.05, 3.63) is 156 Å². The number of benzene rings is 5. The average Bonchev–Trinajstić information content (AvgIpc) is 3.41. The van der Waals surface area contributed by atoms with Crippen LogP contribution in [0.25, 0.3) is 6.08 Å². The van der Waals surface area contributed by atoms with E-state index < -0.39 is 22.9 Å². The van der Waals surface area contributed by atoms with Crippen molar-refractivity contribution in [2.75, 3.05) is 10.2 Å². The van der Waals surface area contributed by atoms with Crippen molar-refractivity contribution < 1.29 is 23.6 Å². The fraction of sp³-hybridized carbons (Fsp3) is 0.0526. The first-order chi connectivity index (χ1) is 23.8. The van der Waals surface area contributed by atoms with Crippen LogP contribution in [0.1, 0.15) is 22.3 Å². The topological polar surface area (TPSA) is 120 Å². The predicted molar refractivity (Wildman–Crippen MR) is 187 cm³/mol. The number of halogens is 1. The Bertz CT molecular complexity index is 2040. The highest BCUT2D eigenvalue weighted by Crippen LogP contribution is 2.35. The van der Waals surface area contributed by atoms with Gasteiger partial charge in [-0.25, -0.2) is 9.29 Å². The second kappa shape index (κ2) is 15.1. The number of nitrogens with one attached hydrogen (secondary N) is 2. The highest BCUT2D eigenvalue weighted by atomic mass is 32.2. The number of thioether (sulfide) groups is 1. The molecule has 0 aliphatic carbocycles. The van der Waals surface area contributed by atoms with E-state index in [1.165, 1.54) is 47.0 Å². The van der Waals surface area contributed by atoms with Gasteiger partial charge in [0.05, 0.1) is 22.3 Å². The van der Waals surface area contributed by atoms with Crippen LogP contribution in [0.3, 0.4) is 0 Å². The number of nitrogens with zero attached hydrogens (tertiary/aromatic N) is 3.